The monoisotopic (exact) mass is 256 g/mol. The zero-order chi connectivity index (χ0) is 13.4. The van der Waals surface area contributed by atoms with Crippen molar-refractivity contribution in [2.24, 2.45) is 5.41 Å². The van der Waals surface area contributed by atoms with Gasteiger partial charge in [-0.3, -0.25) is 5.32 Å². The Morgan fingerprint density at radius 1 is 1.28 bits per heavy atom. The van der Waals surface area contributed by atoms with Crippen LogP contribution in [0.4, 0.5) is 4.79 Å². The number of hydrogen-bond acceptors (Lipinski definition) is 4. The van der Waals surface area contributed by atoms with Gasteiger partial charge in [-0.15, -0.1) is 0 Å². The van der Waals surface area contributed by atoms with Gasteiger partial charge in [0, 0.05) is 12.1 Å². The molecule has 0 unspecified atom stereocenters. The number of alkyl carbamates (subject to hydrolysis) is 1. The number of nitrogens with one attached hydrogen (secondary N) is 2. The maximum Gasteiger partial charge on any atom is 0.407 e. The van der Waals surface area contributed by atoms with E-state index in [0.717, 1.165) is 25.7 Å². The Morgan fingerprint density at radius 2 is 1.83 bits per heavy atom. The van der Waals surface area contributed by atoms with Crippen molar-refractivity contribution in [3.05, 3.63) is 0 Å². The summed E-state index contributed by atoms with van der Waals surface area (Å²) in [7, 11) is 0. The van der Waals surface area contributed by atoms with Crippen molar-refractivity contribution in [3.63, 3.8) is 0 Å². The molecule has 5 nitrogen and oxygen atoms in total. The zero-order valence-corrected chi connectivity index (χ0v) is 11.5. The van der Waals surface area contributed by atoms with E-state index in [0.29, 0.717) is 11.5 Å². The lowest BCUT2D eigenvalue weighted by Crippen LogP contribution is -2.60. The molecule has 0 bridgehead atoms. The molecular formula is C13H24N2O3. The van der Waals surface area contributed by atoms with Crippen LogP contribution in [0.15, 0.2) is 0 Å². The predicted molar refractivity (Wildman–Crippen MR) is 68.1 cm³/mol. The fourth-order valence-electron chi connectivity index (χ4n) is 3.15. The molecule has 0 heterocycles. The molecule has 5 heteroatoms. The number of aliphatic hydroxyl groups is 1. The van der Waals surface area contributed by atoms with Crippen molar-refractivity contribution >= 4 is 6.09 Å². The van der Waals surface area contributed by atoms with E-state index in [-0.39, 0.29) is 18.9 Å². The van der Waals surface area contributed by atoms with Gasteiger partial charge < -0.3 is 15.2 Å². The number of carbonyl (C=O) groups is 1. The fraction of sp³-hybridized carbons (Fsp3) is 0.923. The number of rotatable bonds is 3. The van der Waals surface area contributed by atoms with Crippen LogP contribution in [0.3, 0.4) is 0 Å². The van der Waals surface area contributed by atoms with Gasteiger partial charge >= 0.3 is 6.09 Å². The third-order valence-electron chi connectivity index (χ3n) is 3.82. The Morgan fingerprint density at radius 3 is 2.33 bits per heavy atom. The number of carbonyl (C=O) groups excluding carboxylic acids is 1. The van der Waals surface area contributed by atoms with Gasteiger partial charge in [0.25, 0.3) is 0 Å². The molecule has 2 saturated carbocycles. The van der Waals surface area contributed by atoms with E-state index in [1.807, 2.05) is 20.8 Å². The van der Waals surface area contributed by atoms with Gasteiger partial charge in [0.05, 0.1) is 6.73 Å². The van der Waals surface area contributed by atoms with Crippen molar-refractivity contribution in [2.45, 2.75) is 64.1 Å². The molecule has 0 radical (unpaired) electrons. The second-order valence-electron chi connectivity index (χ2n) is 6.72. The van der Waals surface area contributed by atoms with Crippen LogP contribution in [0, 0.1) is 5.41 Å². The summed E-state index contributed by atoms with van der Waals surface area (Å²) in [4.78, 5) is 11.6. The van der Waals surface area contributed by atoms with Crippen LogP contribution < -0.4 is 10.6 Å². The van der Waals surface area contributed by atoms with Gasteiger partial charge in [-0.05, 0) is 51.9 Å². The van der Waals surface area contributed by atoms with Crippen molar-refractivity contribution in [3.8, 4) is 0 Å². The Bertz CT molecular complexity index is 311. The summed E-state index contributed by atoms with van der Waals surface area (Å²) >= 11 is 0. The fourth-order valence-corrected chi connectivity index (χ4v) is 3.15. The summed E-state index contributed by atoms with van der Waals surface area (Å²) in [5, 5.41) is 14.7. The Hall–Kier alpha value is -0.810. The maximum absolute atomic E-state index is 11.6. The van der Waals surface area contributed by atoms with E-state index >= 15 is 0 Å². The number of amides is 1. The SMILES string of the molecule is CC(C)(C)OC(=O)NC1CC2(CC(NCO)C2)C1. The molecule has 0 aromatic carbocycles. The molecule has 3 N–H and O–H groups in total. The predicted octanol–water partition coefficient (Wildman–Crippen LogP) is 1.36. The Kier molecular flexibility index (Phi) is 3.56. The number of ether oxygens (including phenoxy) is 1. The van der Waals surface area contributed by atoms with E-state index in [1.165, 1.54) is 0 Å². The van der Waals surface area contributed by atoms with Crippen LogP contribution in [-0.4, -0.2) is 35.6 Å². The van der Waals surface area contributed by atoms with E-state index in [4.69, 9.17) is 9.84 Å². The zero-order valence-electron chi connectivity index (χ0n) is 11.5. The molecule has 104 valence electrons. The summed E-state index contributed by atoms with van der Waals surface area (Å²) < 4.78 is 5.23. The maximum atomic E-state index is 11.6. The Labute approximate surface area is 108 Å². The minimum Gasteiger partial charge on any atom is -0.444 e. The molecule has 2 rings (SSSR count). The van der Waals surface area contributed by atoms with Crippen LogP contribution in [0.2, 0.25) is 0 Å². The molecule has 0 aromatic heterocycles. The molecular weight excluding hydrogens is 232 g/mol. The summed E-state index contributed by atoms with van der Waals surface area (Å²) in [5.74, 6) is 0. The van der Waals surface area contributed by atoms with Gasteiger partial charge in [-0.2, -0.15) is 0 Å². The summed E-state index contributed by atoms with van der Waals surface area (Å²) in [6.45, 7) is 5.66. The first kappa shape index (κ1) is 13.6. The topological polar surface area (TPSA) is 70.6 Å². The van der Waals surface area contributed by atoms with Crippen molar-refractivity contribution < 1.29 is 14.6 Å². The Balaban J connectivity index is 1.64. The first-order chi connectivity index (χ1) is 8.32. The molecule has 18 heavy (non-hydrogen) atoms. The molecule has 0 aliphatic heterocycles. The highest BCUT2D eigenvalue weighted by atomic mass is 16.6. The normalized spacial score (nSPS) is 34.7. The van der Waals surface area contributed by atoms with Gasteiger partial charge in [-0.1, -0.05) is 0 Å². The molecule has 0 atom stereocenters. The van der Waals surface area contributed by atoms with Crippen molar-refractivity contribution in [1.82, 2.24) is 10.6 Å². The van der Waals surface area contributed by atoms with Crippen LogP contribution >= 0.6 is 0 Å². The van der Waals surface area contributed by atoms with E-state index in [9.17, 15) is 4.79 Å². The minimum atomic E-state index is -0.432. The highest BCUT2D eigenvalue weighted by molar-refractivity contribution is 5.68. The molecule has 2 fully saturated rings. The van der Waals surface area contributed by atoms with Crippen LogP contribution in [0.5, 0.6) is 0 Å². The second-order valence-corrected chi connectivity index (χ2v) is 6.72. The van der Waals surface area contributed by atoms with E-state index in [1.54, 1.807) is 0 Å². The lowest BCUT2D eigenvalue weighted by atomic mass is 9.52. The summed E-state index contributed by atoms with van der Waals surface area (Å²) in [5.41, 5.74) is -0.0232. The third-order valence-corrected chi connectivity index (χ3v) is 3.82. The lowest BCUT2D eigenvalue weighted by molar-refractivity contribution is -0.0380. The minimum absolute atomic E-state index is 0.0559. The van der Waals surface area contributed by atoms with Gasteiger partial charge in [-0.25, -0.2) is 4.79 Å². The average molecular weight is 256 g/mol. The quantitative estimate of drug-likeness (QED) is 0.667. The highest BCUT2D eigenvalue weighted by Gasteiger charge is 2.53. The van der Waals surface area contributed by atoms with Gasteiger partial charge in [0.15, 0.2) is 0 Å². The first-order valence-corrected chi connectivity index (χ1v) is 6.66. The second kappa shape index (κ2) is 4.70. The standard InChI is InChI=1S/C13H24N2O3/c1-12(2,3)18-11(17)15-10-6-13(7-10)4-9(5-13)14-8-16/h9-10,14,16H,4-8H2,1-3H3,(H,15,17). The molecule has 2 aliphatic carbocycles. The number of aliphatic hydroxyl groups excluding tert-OH is 1. The lowest BCUT2D eigenvalue weighted by Gasteiger charge is -2.57. The smallest absolute Gasteiger partial charge is 0.407 e. The van der Waals surface area contributed by atoms with E-state index < -0.39 is 5.60 Å². The molecule has 1 amide bonds. The van der Waals surface area contributed by atoms with Gasteiger partial charge in [0.1, 0.15) is 5.60 Å². The molecule has 0 saturated heterocycles. The van der Waals surface area contributed by atoms with Gasteiger partial charge in [0.2, 0.25) is 0 Å². The summed E-state index contributed by atoms with van der Waals surface area (Å²) in [6.07, 6.45) is 3.98. The first-order valence-electron chi connectivity index (χ1n) is 6.66. The van der Waals surface area contributed by atoms with Crippen LogP contribution in [0.25, 0.3) is 0 Å². The van der Waals surface area contributed by atoms with Crippen molar-refractivity contribution in [1.29, 1.82) is 0 Å². The van der Waals surface area contributed by atoms with Crippen LogP contribution in [-0.2, 0) is 4.74 Å². The summed E-state index contributed by atoms with van der Waals surface area (Å²) in [6, 6.07) is 0.715. The molecule has 0 aromatic rings. The van der Waals surface area contributed by atoms with Crippen molar-refractivity contribution in [2.75, 3.05) is 6.73 Å². The third kappa shape index (κ3) is 3.14. The highest BCUT2D eigenvalue weighted by Crippen LogP contribution is 2.55. The van der Waals surface area contributed by atoms with E-state index in [2.05, 4.69) is 10.6 Å². The van der Waals surface area contributed by atoms with Crippen LogP contribution in [0.1, 0.15) is 46.5 Å². The molecule has 1 spiro atoms. The molecule has 2 aliphatic rings. The average Bonchev–Trinajstić information content (AvgIpc) is 2.07. The largest absolute Gasteiger partial charge is 0.444 e. The number of hydrogen-bond donors (Lipinski definition) is 3.